The minimum absolute atomic E-state index is 0.00995. The van der Waals surface area contributed by atoms with Gasteiger partial charge in [0.1, 0.15) is 23.4 Å². The second-order valence-corrected chi connectivity index (χ2v) is 15.4. The summed E-state index contributed by atoms with van der Waals surface area (Å²) in [6.07, 6.45) is 6.66. The molecule has 3 aromatic rings. The molecule has 4 fully saturated rings. The maximum absolute atomic E-state index is 15.2. The highest BCUT2D eigenvalue weighted by atomic mass is 19.1. The SMILES string of the molecule is COc1cc(-c2cn(C)c(=O)c(C)c2C)cc(OC)c1CN1C2CCC1CN(C(=O)CC1CCN(c3ccc(NC4CCC(=O)NC4=O)cc3F)CC1)C2. The maximum Gasteiger partial charge on any atom is 0.253 e. The number of carbonyl (C=O) groups excluding carboxylic acids is 3. The minimum Gasteiger partial charge on any atom is -0.496 e. The van der Waals surface area contributed by atoms with E-state index in [1.807, 2.05) is 37.1 Å². The van der Waals surface area contributed by atoms with Crippen molar-refractivity contribution < 1.29 is 28.2 Å². The zero-order valence-electron chi connectivity index (χ0n) is 31.9. The number of hydrogen-bond acceptors (Lipinski definition) is 9. The molecule has 7 rings (SSSR count). The zero-order valence-corrected chi connectivity index (χ0v) is 31.9. The number of hydrogen-bond donors (Lipinski definition) is 2. The summed E-state index contributed by atoms with van der Waals surface area (Å²) in [5, 5.41) is 5.36. The van der Waals surface area contributed by atoms with Crippen LogP contribution in [0.25, 0.3) is 11.1 Å². The molecule has 5 heterocycles. The van der Waals surface area contributed by atoms with Crippen LogP contribution in [-0.4, -0.2) is 90.6 Å². The van der Waals surface area contributed by atoms with Gasteiger partial charge in [-0.1, -0.05) is 0 Å². The molecule has 1 aromatic heterocycles. The smallest absolute Gasteiger partial charge is 0.253 e. The van der Waals surface area contributed by atoms with Crippen molar-refractivity contribution in [3.63, 3.8) is 0 Å². The van der Waals surface area contributed by atoms with Gasteiger partial charge in [-0.2, -0.15) is 0 Å². The fourth-order valence-corrected chi connectivity index (χ4v) is 8.84. The Morgan fingerprint density at radius 2 is 1.59 bits per heavy atom. The van der Waals surface area contributed by atoms with E-state index < -0.39 is 11.9 Å². The standard InChI is InChI=1S/C41H51FN6O6/c1-24-25(2)41(52)45(3)22-31(24)27-17-36(53-4)32(37(18-27)54-5)23-48-29-7-8-30(48)21-47(20-29)39(50)16-26-12-14-46(15-13-26)35-10-6-28(19-33(35)42)43-34-9-11-38(49)44-40(34)51/h6,10,17-19,22,26,29-30,34,43H,7-9,11-16,20-21,23H2,1-5H3,(H,44,49,51). The molecule has 0 saturated carbocycles. The predicted octanol–water partition coefficient (Wildman–Crippen LogP) is 4.52. The molecule has 13 heteroatoms. The number of halogens is 1. The highest BCUT2D eigenvalue weighted by Crippen LogP contribution is 2.40. The van der Waals surface area contributed by atoms with Crippen LogP contribution in [0.3, 0.4) is 0 Å². The first-order valence-electron chi connectivity index (χ1n) is 19.0. The number of nitrogens with one attached hydrogen (secondary N) is 2. The summed E-state index contributed by atoms with van der Waals surface area (Å²) >= 11 is 0. The number of likely N-dealkylation sites (tertiary alicyclic amines) is 1. The number of piperidine rings is 2. The number of pyridine rings is 1. The van der Waals surface area contributed by atoms with Gasteiger partial charge in [0.25, 0.3) is 5.56 Å². The van der Waals surface area contributed by atoms with Gasteiger partial charge in [-0.15, -0.1) is 0 Å². The number of nitrogens with zero attached hydrogens (tertiary/aromatic N) is 4. The summed E-state index contributed by atoms with van der Waals surface area (Å²) in [6.45, 7) is 7.18. The second kappa shape index (κ2) is 15.4. The lowest BCUT2D eigenvalue weighted by Gasteiger charge is -2.42. The highest BCUT2D eigenvalue weighted by molar-refractivity contribution is 6.01. The Hall–Kier alpha value is -4.91. The number of carbonyl (C=O) groups is 3. The number of fused-ring (bicyclic) bond motifs is 2. The van der Waals surface area contributed by atoms with Crippen LogP contribution in [0.1, 0.15) is 61.6 Å². The number of ether oxygens (including phenoxy) is 2. The van der Waals surface area contributed by atoms with E-state index in [-0.39, 0.29) is 47.6 Å². The first-order chi connectivity index (χ1) is 25.9. The molecule has 2 bridgehead atoms. The van der Waals surface area contributed by atoms with Crippen LogP contribution in [0, 0.1) is 25.6 Å². The van der Waals surface area contributed by atoms with Crippen molar-refractivity contribution in [2.75, 3.05) is 50.6 Å². The van der Waals surface area contributed by atoms with Crippen molar-refractivity contribution in [3.05, 3.63) is 69.4 Å². The van der Waals surface area contributed by atoms with Crippen molar-refractivity contribution >= 4 is 29.1 Å². The third kappa shape index (κ3) is 7.42. The van der Waals surface area contributed by atoms with Gasteiger partial charge in [0.05, 0.1) is 25.5 Å². The molecule has 12 nitrogen and oxygen atoms in total. The van der Waals surface area contributed by atoms with Crippen molar-refractivity contribution in [1.82, 2.24) is 19.7 Å². The molecule has 0 radical (unpaired) electrons. The normalized spacial score (nSPS) is 22.0. The van der Waals surface area contributed by atoms with Crippen LogP contribution in [0.4, 0.5) is 15.8 Å². The Morgan fingerprint density at radius 3 is 2.20 bits per heavy atom. The molecule has 2 N–H and O–H groups in total. The van der Waals surface area contributed by atoms with Gasteiger partial charge in [0, 0.05) is 87.7 Å². The molecule has 0 spiro atoms. The largest absolute Gasteiger partial charge is 0.496 e. The number of aryl methyl sites for hydroxylation is 1. The minimum atomic E-state index is -0.571. The fourth-order valence-electron chi connectivity index (χ4n) is 8.84. The van der Waals surface area contributed by atoms with Gasteiger partial charge < -0.3 is 29.2 Å². The summed E-state index contributed by atoms with van der Waals surface area (Å²) in [7, 11) is 5.11. The third-order valence-electron chi connectivity index (χ3n) is 12.1. The quantitative estimate of drug-likeness (QED) is 0.289. The molecule has 4 saturated heterocycles. The number of amides is 3. The lowest BCUT2D eigenvalue weighted by Crippen LogP contribution is -2.55. The van der Waals surface area contributed by atoms with Gasteiger partial charge in [-0.25, -0.2) is 4.39 Å². The van der Waals surface area contributed by atoms with E-state index in [9.17, 15) is 19.2 Å². The van der Waals surface area contributed by atoms with Crippen LogP contribution in [-0.2, 0) is 28.0 Å². The molecular formula is C41H51FN6O6. The van der Waals surface area contributed by atoms with E-state index in [1.165, 1.54) is 6.07 Å². The van der Waals surface area contributed by atoms with E-state index >= 15 is 4.39 Å². The molecule has 3 amide bonds. The van der Waals surface area contributed by atoms with Crippen molar-refractivity contribution in [1.29, 1.82) is 0 Å². The number of piperazine rings is 1. The van der Waals surface area contributed by atoms with Crippen LogP contribution in [0.5, 0.6) is 11.5 Å². The van der Waals surface area contributed by atoms with Crippen LogP contribution in [0.15, 0.2) is 41.3 Å². The topological polar surface area (TPSA) is 125 Å². The summed E-state index contributed by atoms with van der Waals surface area (Å²) in [4.78, 5) is 56.4. The Balaban J connectivity index is 0.944. The summed E-state index contributed by atoms with van der Waals surface area (Å²) < 4.78 is 28.7. The van der Waals surface area contributed by atoms with Crippen molar-refractivity contribution in [3.8, 4) is 22.6 Å². The van der Waals surface area contributed by atoms with E-state index in [1.54, 1.807) is 38.0 Å². The monoisotopic (exact) mass is 742 g/mol. The number of methoxy groups -OCH3 is 2. The maximum atomic E-state index is 15.2. The Kier molecular flexibility index (Phi) is 10.7. The first kappa shape index (κ1) is 37.4. The molecular weight excluding hydrogens is 691 g/mol. The van der Waals surface area contributed by atoms with Crippen molar-refractivity contribution in [2.45, 2.75) is 83.5 Å². The molecule has 0 aliphatic carbocycles. The van der Waals surface area contributed by atoms with E-state index in [4.69, 9.17) is 9.47 Å². The van der Waals surface area contributed by atoms with E-state index in [0.29, 0.717) is 62.5 Å². The first-order valence-corrected chi connectivity index (χ1v) is 19.0. The van der Waals surface area contributed by atoms with E-state index in [0.717, 1.165) is 59.4 Å². The summed E-state index contributed by atoms with van der Waals surface area (Å²) in [6, 6.07) is 8.88. The second-order valence-electron chi connectivity index (χ2n) is 15.4. The molecule has 288 valence electrons. The predicted molar refractivity (Wildman–Crippen MR) is 204 cm³/mol. The van der Waals surface area contributed by atoms with Gasteiger partial charge >= 0.3 is 0 Å². The molecule has 4 aliphatic heterocycles. The van der Waals surface area contributed by atoms with Crippen LogP contribution in [0.2, 0.25) is 0 Å². The van der Waals surface area contributed by atoms with Gasteiger partial charge in [0.2, 0.25) is 17.7 Å². The third-order valence-corrected chi connectivity index (χ3v) is 12.1. The van der Waals surface area contributed by atoms with Gasteiger partial charge in [-0.3, -0.25) is 29.4 Å². The number of benzene rings is 2. The van der Waals surface area contributed by atoms with Crippen molar-refractivity contribution in [2.24, 2.45) is 13.0 Å². The Morgan fingerprint density at radius 1 is 0.926 bits per heavy atom. The summed E-state index contributed by atoms with van der Waals surface area (Å²) in [5.41, 5.74) is 5.51. The molecule has 3 unspecified atom stereocenters. The average molecular weight is 743 g/mol. The number of anilines is 2. The van der Waals surface area contributed by atoms with Crippen LogP contribution >= 0.6 is 0 Å². The van der Waals surface area contributed by atoms with Gasteiger partial charge in [0.15, 0.2) is 0 Å². The number of imide groups is 1. The molecule has 4 aliphatic rings. The Labute approximate surface area is 315 Å². The lowest BCUT2D eigenvalue weighted by atomic mass is 9.92. The molecule has 2 aromatic carbocycles. The highest BCUT2D eigenvalue weighted by Gasteiger charge is 2.42. The van der Waals surface area contributed by atoms with E-state index in [2.05, 4.69) is 20.4 Å². The lowest BCUT2D eigenvalue weighted by molar-refractivity contribution is -0.136. The summed E-state index contributed by atoms with van der Waals surface area (Å²) in [5.74, 6) is 0.863. The Bertz CT molecular complexity index is 1970. The number of aromatic nitrogens is 1. The fraction of sp³-hybridized carbons (Fsp3) is 0.512. The zero-order chi connectivity index (χ0) is 38.3. The molecule has 54 heavy (non-hydrogen) atoms. The van der Waals surface area contributed by atoms with Crippen LogP contribution < -0.4 is 30.6 Å². The number of rotatable bonds is 10. The molecule has 3 atom stereocenters. The average Bonchev–Trinajstić information content (AvgIpc) is 3.38. The van der Waals surface area contributed by atoms with Gasteiger partial charge in [-0.05, 0) is 93.3 Å².